The molecule has 1 heteroatoms. The zero-order valence-electron chi connectivity index (χ0n) is 18.8. The molecule has 0 saturated carbocycles. The molecule has 1 aliphatic carbocycles. The van der Waals surface area contributed by atoms with Crippen LogP contribution >= 0.6 is 0 Å². The molecule has 0 saturated heterocycles. The number of benzene rings is 5. The summed E-state index contributed by atoms with van der Waals surface area (Å²) in [5, 5.41) is 5.06. The smallest absolute Gasteiger partial charge is 0.149 e. The van der Waals surface area contributed by atoms with Crippen LogP contribution < -0.4 is 0 Å². The van der Waals surface area contributed by atoms with E-state index in [1.54, 1.807) is 0 Å². The van der Waals surface area contributed by atoms with Crippen LogP contribution in [0.5, 0.6) is 0 Å². The van der Waals surface area contributed by atoms with Crippen molar-refractivity contribution in [2.24, 2.45) is 0 Å². The lowest BCUT2D eigenvalue weighted by atomic mass is 9.83. The van der Waals surface area contributed by atoms with Gasteiger partial charge >= 0.3 is 0 Å². The van der Waals surface area contributed by atoms with E-state index in [-0.39, 0.29) is 5.92 Å². The minimum atomic E-state index is 0.267. The van der Waals surface area contributed by atoms with Crippen molar-refractivity contribution in [1.29, 1.82) is 0 Å². The third-order valence-electron chi connectivity index (χ3n) is 6.87. The second kappa shape index (κ2) is 8.61. The van der Waals surface area contributed by atoms with Crippen molar-refractivity contribution in [2.45, 2.75) is 12.3 Å². The van der Waals surface area contributed by atoms with Gasteiger partial charge in [-0.2, -0.15) is 0 Å². The number of carbonyl (C=O) groups is 1. The van der Waals surface area contributed by atoms with Crippen LogP contribution in [0, 0.1) is 0 Å². The largest absolute Gasteiger partial charge is 0.298 e. The molecule has 5 aromatic carbocycles. The summed E-state index contributed by atoms with van der Waals surface area (Å²) in [4.78, 5) is 11.2. The summed E-state index contributed by atoms with van der Waals surface area (Å²) in [6.45, 7) is 0. The minimum absolute atomic E-state index is 0.267. The van der Waals surface area contributed by atoms with Crippen LogP contribution in [0.4, 0.5) is 0 Å². The van der Waals surface area contributed by atoms with Crippen molar-refractivity contribution in [1.82, 2.24) is 0 Å². The van der Waals surface area contributed by atoms with Gasteiger partial charge in [-0.1, -0.05) is 115 Å². The molecule has 0 heterocycles. The molecule has 0 aromatic heterocycles. The monoisotopic (exact) mass is 436 g/mol. The van der Waals surface area contributed by atoms with Crippen molar-refractivity contribution in [3.8, 4) is 22.3 Å². The molecule has 5 aromatic rings. The summed E-state index contributed by atoms with van der Waals surface area (Å²) in [6, 6.07) is 37.1. The highest BCUT2D eigenvalue weighted by Gasteiger charge is 2.18. The number of hydrogen-bond acceptors (Lipinski definition) is 1. The summed E-state index contributed by atoms with van der Waals surface area (Å²) in [7, 11) is 0. The van der Waals surface area contributed by atoms with Gasteiger partial charge in [0.25, 0.3) is 0 Å². The molecule has 0 bridgehead atoms. The highest BCUT2D eigenvalue weighted by atomic mass is 16.1. The molecular formula is C33H24O. The molecule has 0 radical (unpaired) electrons. The molecular weight excluding hydrogens is 412 g/mol. The zero-order chi connectivity index (χ0) is 22.9. The van der Waals surface area contributed by atoms with Crippen molar-refractivity contribution in [3.05, 3.63) is 132 Å². The number of carbonyl (C=O) groups excluding carboxylic acids is 1. The molecule has 0 amide bonds. The maximum atomic E-state index is 11.2. The van der Waals surface area contributed by atoms with Gasteiger partial charge in [0.2, 0.25) is 0 Å². The van der Waals surface area contributed by atoms with Crippen LogP contribution in [0.2, 0.25) is 0 Å². The van der Waals surface area contributed by atoms with Crippen molar-refractivity contribution in [3.63, 3.8) is 0 Å². The lowest BCUT2D eigenvalue weighted by Gasteiger charge is -2.20. The molecule has 1 nitrogen and oxygen atoms in total. The molecule has 0 spiro atoms. The van der Waals surface area contributed by atoms with E-state index in [9.17, 15) is 4.79 Å². The van der Waals surface area contributed by atoms with Crippen molar-refractivity contribution in [2.75, 3.05) is 0 Å². The minimum Gasteiger partial charge on any atom is -0.298 e. The SMILES string of the molecule is O=CC1=CCC(c2ccc3c(-c4ccccc4)c4ccccc4c(-c4ccccc4)c3c2)C=C1. The van der Waals surface area contributed by atoms with E-state index in [0.717, 1.165) is 18.3 Å². The first-order chi connectivity index (χ1) is 16.8. The highest BCUT2D eigenvalue weighted by molar-refractivity contribution is 6.21. The normalized spacial score (nSPS) is 15.4. The Hall–Kier alpha value is -4.23. The van der Waals surface area contributed by atoms with E-state index < -0.39 is 0 Å². The first kappa shape index (κ1) is 20.4. The van der Waals surface area contributed by atoms with Gasteiger partial charge in [0, 0.05) is 11.5 Å². The molecule has 34 heavy (non-hydrogen) atoms. The van der Waals surface area contributed by atoms with Crippen molar-refractivity contribution >= 4 is 27.8 Å². The maximum Gasteiger partial charge on any atom is 0.149 e. The van der Waals surface area contributed by atoms with Crippen LogP contribution in [-0.2, 0) is 4.79 Å². The third kappa shape index (κ3) is 3.47. The predicted molar refractivity (Wildman–Crippen MR) is 143 cm³/mol. The zero-order valence-corrected chi connectivity index (χ0v) is 18.8. The fourth-order valence-electron chi connectivity index (χ4n) is 5.23. The average Bonchev–Trinajstić information content (AvgIpc) is 2.92. The van der Waals surface area contributed by atoms with Crippen LogP contribution in [0.15, 0.2) is 127 Å². The Morgan fingerprint density at radius 2 is 1.18 bits per heavy atom. The second-order valence-electron chi connectivity index (χ2n) is 8.86. The van der Waals surface area contributed by atoms with Gasteiger partial charge in [-0.3, -0.25) is 4.79 Å². The molecule has 6 rings (SSSR count). The lowest BCUT2D eigenvalue weighted by molar-refractivity contribution is -0.104. The number of hydrogen-bond donors (Lipinski definition) is 0. The van der Waals surface area contributed by atoms with Gasteiger partial charge in [0.05, 0.1) is 0 Å². The maximum absolute atomic E-state index is 11.2. The second-order valence-corrected chi connectivity index (χ2v) is 8.86. The van der Waals surface area contributed by atoms with Gasteiger partial charge in [0.15, 0.2) is 0 Å². The highest BCUT2D eigenvalue weighted by Crippen LogP contribution is 2.44. The lowest BCUT2D eigenvalue weighted by Crippen LogP contribution is -2.00. The fourth-order valence-corrected chi connectivity index (χ4v) is 5.23. The Labute approximate surface area is 199 Å². The van der Waals surface area contributed by atoms with E-state index in [0.29, 0.717) is 0 Å². The first-order valence-electron chi connectivity index (χ1n) is 11.8. The molecule has 1 aliphatic rings. The van der Waals surface area contributed by atoms with Gasteiger partial charge in [-0.25, -0.2) is 0 Å². The Kier molecular flexibility index (Phi) is 5.16. The molecule has 0 N–H and O–H groups in total. The van der Waals surface area contributed by atoms with Gasteiger partial charge in [0.1, 0.15) is 6.29 Å². The third-order valence-corrected chi connectivity index (χ3v) is 6.87. The van der Waals surface area contributed by atoms with E-state index in [2.05, 4.69) is 109 Å². The molecule has 0 fully saturated rings. The summed E-state index contributed by atoms with van der Waals surface area (Å²) in [6.07, 6.45) is 7.91. The Morgan fingerprint density at radius 3 is 1.74 bits per heavy atom. The van der Waals surface area contributed by atoms with Crippen molar-refractivity contribution < 1.29 is 4.79 Å². The van der Waals surface area contributed by atoms with Crippen LogP contribution in [0.1, 0.15) is 17.9 Å². The van der Waals surface area contributed by atoms with Gasteiger partial charge in [-0.15, -0.1) is 0 Å². The van der Waals surface area contributed by atoms with Crippen LogP contribution in [-0.4, -0.2) is 6.29 Å². The number of rotatable bonds is 4. The first-order valence-corrected chi connectivity index (χ1v) is 11.8. The number of aldehydes is 1. The fraction of sp³-hybridized carbons (Fsp3) is 0.0606. The molecule has 0 aliphatic heterocycles. The molecule has 162 valence electrons. The topological polar surface area (TPSA) is 17.1 Å². The standard InChI is InChI=1S/C33H24O/c34-22-23-15-17-24(18-16-23)27-19-20-30-31(21-27)33(26-11-5-2-6-12-26)29-14-8-7-13-28(29)32(30)25-9-3-1-4-10-25/h1-17,19-22,24H,18H2. The average molecular weight is 437 g/mol. The van der Waals surface area contributed by atoms with E-state index in [1.807, 2.05) is 12.2 Å². The van der Waals surface area contributed by atoms with E-state index in [1.165, 1.54) is 49.4 Å². The Bertz CT molecular complexity index is 1570. The summed E-state index contributed by atoms with van der Waals surface area (Å²) in [5.41, 5.74) is 7.04. The van der Waals surface area contributed by atoms with Gasteiger partial charge < -0.3 is 0 Å². The van der Waals surface area contributed by atoms with E-state index in [4.69, 9.17) is 0 Å². The van der Waals surface area contributed by atoms with Crippen LogP contribution in [0.3, 0.4) is 0 Å². The summed E-state index contributed by atoms with van der Waals surface area (Å²) >= 11 is 0. The summed E-state index contributed by atoms with van der Waals surface area (Å²) < 4.78 is 0. The van der Waals surface area contributed by atoms with Gasteiger partial charge in [-0.05, 0) is 61.8 Å². The Balaban J connectivity index is 1.69. The molecule has 1 unspecified atom stereocenters. The number of allylic oxidation sites excluding steroid dienone is 4. The molecule has 1 atom stereocenters. The number of fused-ring (bicyclic) bond motifs is 2. The van der Waals surface area contributed by atoms with E-state index >= 15 is 0 Å². The quantitative estimate of drug-likeness (QED) is 0.204. The predicted octanol–water partition coefficient (Wildman–Crippen LogP) is 8.50. The summed E-state index contributed by atoms with van der Waals surface area (Å²) in [5.74, 6) is 0.267. The Morgan fingerprint density at radius 1 is 0.618 bits per heavy atom. The van der Waals surface area contributed by atoms with Crippen LogP contribution in [0.25, 0.3) is 43.8 Å².